The molecule has 0 heterocycles. The van der Waals surface area contributed by atoms with E-state index in [9.17, 15) is 5.11 Å². The Morgan fingerprint density at radius 2 is 2.19 bits per heavy atom. The van der Waals surface area contributed by atoms with E-state index in [0.717, 1.165) is 18.4 Å². The molecule has 1 spiro atoms. The van der Waals surface area contributed by atoms with Gasteiger partial charge in [-0.05, 0) is 50.0 Å². The largest absolute Gasteiger partial charge is 0.389 e. The Kier molecular flexibility index (Phi) is 3.00. The van der Waals surface area contributed by atoms with Crippen molar-refractivity contribution < 1.29 is 5.11 Å². The summed E-state index contributed by atoms with van der Waals surface area (Å²) >= 11 is 0. The molecule has 0 aromatic rings. The topological polar surface area (TPSA) is 20.2 Å². The van der Waals surface area contributed by atoms with Crippen molar-refractivity contribution in [2.75, 3.05) is 0 Å². The lowest BCUT2D eigenvalue weighted by Crippen LogP contribution is -2.32. The highest BCUT2D eigenvalue weighted by atomic mass is 16.3. The predicted octanol–water partition coefficient (Wildman–Crippen LogP) is 3.70. The number of rotatable bonds is 1. The van der Waals surface area contributed by atoms with Gasteiger partial charge in [-0.3, -0.25) is 0 Å². The van der Waals surface area contributed by atoms with Crippen molar-refractivity contribution in [1.82, 2.24) is 0 Å². The summed E-state index contributed by atoms with van der Waals surface area (Å²) in [6.45, 7) is 11.0. The minimum atomic E-state index is -0.265. The average Bonchev–Trinajstić information content (AvgIpc) is 2.48. The zero-order valence-electron chi connectivity index (χ0n) is 10.8. The molecule has 1 heteroatoms. The molecule has 0 aromatic carbocycles. The summed E-state index contributed by atoms with van der Waals surface area (Å²) in [5.41, 5.74) is 2.81. The first-order valence-corrected chi connectivity index (χ1v) is 6.50. The lowest BCUT2D eigenvalue weighted by molar-refractivity contribution is 0.162. The maximum absolute atomic E-state index is 10.1. The Hall–Kier alpha value is -0.560. The first-order valence-electron chi connectivity index (χ1n) is 6.50. The summed E-state index contributed by atoms with van der Waals surface area (Å²) < 4.78 is 0. The van der Waals surface area contributed by atoms with Crippen molar-refractivity contribution in [3.63, 3.8) is 0 Å². The van der Waals surface area contributed by atoms with Crippen LogP contribution in [0.1, 0.15) is 46.5 Å². The number of hydrogen-bond acceptors (Lipinski definition) is 1. The van der Waals surface area contributed by atoms with Gasteiger partial charge in [0.15, 0.2) is 0 Å². The minimum Gasteiger partial charge on any atom is -0.389 e. The van der Waals surface area contributed by atoms with E-state index in [2.05, 4.69) is 33.4 Å². The molecule has 3 atom stereocenters. The van der Waals surface area contributed by atoms with Crippen molar-refractivity contribution in [2.45, 2.75) is 52.6 Å². The second kappa shape index (κ2) is 4.03. The van der Waals surface area contributed by atoms with Crippen LogP contribution in [-0.2, 0) is 0 Å². The molecule has 2 aliphatic carbocycles. The molecule has 0 aliphatic heterocycles. The molecule has 1 saturated carbocycles. The third kappa shape index (κ3) is 1.66. The molecule has 0 saturated heterocycles. The maximum atomic E-state index is 10.1. The van der Waals surface area contributed by atoms with Gasteiger partial charge in [0, 0.05) is 5.41 Å². The number of aliphatic hydroxyl groups is 1. The highest BCUT2D eigenvalue weighted by molar-refractivity contribution is 5.28. The fourth-order valence-electron chi connectivity index (χ4n) is 3.70. The smallest absolute Gasteiger partial charge is 0.0756 e. The number of allylic oxidation sites excluding steroid dienone is 2. The third-order valence-electron chi connectivity index (χ3n) is 4.81. The van der Waals surface area contributed by atoms with E-state index in [-0.39, 0.29) is 11.5 Å². The van der Waals surface area contributed by atoms with Crippen LogP contribution in [0.25, 0.3) is 0 Å². The van der Waals surface area contributed by atoms with Crippen molar-refractivity contribution in [2.24, 2.45) is 17.3 Å². The summed E-state index contributed by atoms with van der Waals surface area (Å²) in [5, 5.41) is 10.1. The van der Waals surface area contributed by atoms with E-state index in [0.29, 0.717) is 11.8 Å². The molecule has 1 fully saturated rings. The highest BCUT2D eigenvalue weighted by Crippen LogP contribution is 2.57. The van der Waals surface area contributed by atoms with Gasteiger partial charge in [0.1, 0.15) is 0 Å². The number of aliphatic hydroxyl groups excluding tert-OH is 1. The molecule has 2 aliphatic rings. The Morgan fingerprint density at radius 3 is 2.69 bits per heavy atom. The summed E-state index contributed by atoms with van der Waals surface area (Å²) in [7, 11) is 0. The molecule has 90 valence electrons. The van der Waals surface area contributed by atoms with E-state index in [1.54, 1.807) is 0 Å². The van der Waals surface area contributed by atoms with Crippen LogP contribution in [0, 0.1) is 17.3 Å². The zero-order valence-corrected chi connectivity index (χ0v) is 10.8. The lowest BCUT2D eigenvalue weighted by Gasteiger charge is -2.40. The second-order valence-corrected chi connectivity index (χ2v) is 6.04. The molecule has 1 nitrogen and oxygen atoms in total. The van der Waals surface area contributed by atoms with E-state index in [4.69, 9.17) is 0 Å². The Morgan fingerprint density at radius 1 is 1.50 bits per heavy atom. The molecule has 2 rings (SSSR count). The second-order valence-electron chi connectivity index (χ2n) is 6.04. The van der Waals surface area contributed by atoms with Gasteiger partial charge in [0.25, 0.3) is 0 Å². The summed E-state index contributed by atoms with van der Waals surface area (Å²) in [6.07, 6.45) is 6.48. The van der Waals surface area contributed by atoms with Crippen LogP contribution in [0.4, 0.5) is 0 Å². The first-order chi connectivity index (χ1) is 7.47. The molecule has 0 unspecified atom stereocenters. The molecule has 1 N–H and O–H groups in total. The summed E-state index contributed by atoms with van der Waals surface area (Å²) in [6, 6.07) is 0. The van der Waals surface area contributed by atoms with Gasteiger partial charge in [-0.1, -0.05) is 32.1 Å². The minimum absolute atomic E-state index is 0.201. The summed E-state index contributed by atoms with van der Waals surface area (Å²) in [5.74, 6) is 1.25. The Balaban J connectivity index is 2.32. The fourth-order valence-corrected chi connectivity index (χ4v) is 3.70. The van der Waals surface area contributed by atoms with E-state index < -0.39 is 0 Å². The van der Waals surface area contributed by atoms with Crippen molar-refractivity contribution in [3.05, 3.63) is 23.8 Å². The van der Waals surface area contributed by atoms with E-state index in [1.165, 1.54) is 18.4 Å². The van der Waals surface area contributed by atoms with Crippen LogP contribution in [0.2, 0.25) is 0 Å². The predicted molar refractivity (Wildman–Crippen MR) is 68.1 cm³/mol. The quantitative estimate of drug-likeness (QED) is 0.668. The first kappa shape index (κ1) is 11.9. The molecule has 16 heavy (non-hydrogen) atoms. The molecule has 0 aromatic heterocycles. The van der Waals surface area contributed by atoms with Gasteiger partial charge in [0.2, 0.25) is 0 Å². The zero-order chi connectivity index (χ0) is 11.9. The van der Waals surface area contributed by atoms with Crippen LogP contribution < -0.4 is 0 Å². The molecule has 0 radical (unpaired) electrons. The van der Waals surface area contributed by atoms with Crippen molar-refractivity contribution in [1.29, 1.82) is 0 Å². The van der Waals surface area contributed by atoms with Gasteiger partial charge in [-0.15, -0.1) is 0 Å². The van der Waals surface area contributed by atoms with Crippen LogP contribution in [-0.4, -0.2) is 11.2 Å². The van der Waals surface area contributed by atoms with Crippen molar-refractivity contribution in [3.8, 4) is 0 Å². The lowest BCUT2D eigenvalue weighted by atomic mass is 9.63. The van der Waals surface area contributed by atoms with Crippen LogP contribution in [0.3, 0.4) is 0 Å². The highest BCUT2D eigenvalue weighted by Gasteiger charge is 2.50. The average molecular weight is 220 g/mol. The van der Waals surface area contributed by atoms with Crippen LogP contribution in [0.15, 0.2) is 23.8 Å². The van der Waals surface area contributed by atoms with Gasteiger partial charge >= 0.3 is 0 Å². The van der Waals surface area contributed by atoms with Gasteiger partial charge in [-0.25, -0.2) is 0 Å². The van der Waals surface area contributed by atoms with Gasteiger partial charge < -0.3 is 5.11 Å². The molecular weight excluding hydrogens is 196 g/mol. The van der Waals surface area contributed by atoms with Crippen LogP contribution in [0.5, 0.6) is 0 Å². The Bertz CT molecular complexity index is 326. The normalized spacial score (nSPS) is 39.6. The maximum Gasteiger partial charge on any atom is 0.0756 e. The molecular formula is C15H24O. The van der Waals surface area contributed by atoms with Gasteiger partial charge in [-0.2, -0.15) is 0 Å². The summed E-state index contributed by atoms with van der Waals surface area (Å²) in [4.78, 5) is 0. The fraction of sp³-hybridized carbons (Fsp3) is 0.733. The SMILES string of the molecule is C=C1[C@H](O)C[C@H](C(C)C)[C@@]12CC=C(C)CC2. The molecule has 0 bridgehead atoms. The molecule has 0 amide bonds. The Labute approximate surface area is 99.3 Å². The van der Waals surface area contributed by atoms with Crippen LogP contribution >= 0.6 is 0 Å². The third-order valence-corrected chi connectivity index (χ3v) is 4.81. The van der Waals surface area contributed by atoms with E-state index >= 15 is 0 Å². The van der Waals surface area contributed by atoms with Crippen molar-refractivity contribution >= 4 is 0 Å². The van der Waals surface area contributed by atoms with E-state index in [1.807, 2.05) is 0 Å². The monoisotopic (exact) mass is 220 g/mol. The van der Waals surface area contributed by atoms with Gasteiger partial charge in [0.05, 0.1) is 6.10 Å². The standard InChI is InChI=1S/C15H24O/c1-10(2)13-9-14(16)12(4)15(13)7-5-11(3)6-8-15/h5,10,13-14,16H,4,6-9H2,1-3H3/t13-,14-,15-/m1/s1. The number of hydrogen-bond donors (Lipinski definition) is 1.